The maximum absolute atomic E-state index is 11.7. The predicted octanol–water partition coefficient (Wildman–Crippen LogP) is 2.70. The Morgan fingerprint density at radius 1 is 1.04 bits per heavy atom. The van der Waals surface area contributed by atoms with Crippen molar-refractivity contribution >= 4 is 6.09 Å². The van der Waals surface area contributed by atoms with Gasteiger partial charge in [0.2, 0.25) is 0 Å². The number of pyridine rings is 1. The molecule has 136 valence electrons. The monoisotopic (exact) mass is 336 g/mol. The lowest BCUT2D eigenvalue weighted by atomic mass is 10.2. The fraction of sp³-hybridized carbons (Fsp3) is 0.667. The first-order valence-electron chi connectivity index (χ1n) is 8.56. The molecule has 1 rings (SSSR count). The standard InChI is InChI=1S/C18H32N4O2/c1-20(2)13-8-6-7-9-14-22(5)15-16-17(11-10-12-19-16)24-18(23)21(3)4/h10-12H,6-9,13-15H2,1-5H3. The van der Waals surface area contributed by atoms with E-state index < -0.39 is 0 Å². The zero-order valence-electron chi connectivity index (χ0n) is 15.8. The molecule has 0 aromatic carbocycles. The molecule has 1 amide bonds. The van der Waals surface area contributed by atoms with Crippen LogP contribution >= 0.6 is 0 Å². The summed E-state index contributed by atoms with van der Waals surface area (Å²) in [5.74, 6) is 0.536. The summed E-state index contributed by atoms with van der Waals surface area (Å²) in [4.78, 5) is 22.0. The molecule has 0 aliphatic heterocycles. The number of unbranched alkanes of at least 4 members (excludes halogenated alkanes) is 3. The summed E-state index contributed by atoms with van der Waals surface area (Å²) in [5, 5.41) is 0. The van der Waals surface area contributed by atoms with Crippen LogP contribution in [-0.4, -0.2) is 74.1 Å². The first-order valence-corrected chi connectivity index (χ1v) is 8.56. The molecule has 1 aromatic heterocycles. The first-order chi connectivity index (χ1) is 11.4. The van der Waals surface area contributed by atoms with Gasteiger partial charge < -0.3 is 19.4 Å². The quantitative estimate of drug-likeness (QED) is 0.615. The van der Waals surface area contributed by atoms with E-state index in [2.05, 4.69) is 35.9 Å². The second kappa shape index (κ2) is 11.0. The maximum Gasteiger partial charge on any atom is 0.414 e. The van der Waals surface area contributed by atoms with Gasteiger partial charge in [-0.3, -0.25) is 4.98 Å². The van der Waals surface area contributed by atoms with Crippen LogP contribution in [0.3, 0.4) is 0 Å². The molecule has 1 heterocycles. The molecule has 6 nitrogen and oxygen atoms in total. The van der Waals surface area contributed by atoms with Gasteiger partial charge in [-0.1, -0.05) is 12.8 Å². The summed E-state index contributed by atoms with van der Waals surface area (Å²) >= 11 is 0. The van der Waals surface area contributed by atoms with E-state index >= 15 is 0 Å². The van der Waals surface area contributed by atoms with Crippen LogP contribution in [0.2, 0.25) is 0 Å². The van der Waals surface area contributed by atoms with Crippen LogP contribution in [0, 0.1) is 0 Å². The summed E-state index contributed by atoms with van der Waals surface area (Å²) in [5.41, 5.74) is 0.794. The zero-order valence-corrected chi connectivity index (χ0v) is 15.8. The second-order valence-corrected chi connectivity index (χ2v) is 6.67. The largest absolute Gasteiger partial charge is 0.414 e. The minimum absolute atomic E-state index is 0.382. The zero-order chi connectivity index (χ0) is 17.9. The molecule has 0 N–H and O–H groups in total. The summed E-state index contributed by atoms with van der Waals surface area (Å²) in [6.07, 6.45) is 6.28. The number of nitrogens with zero attached hydrogens (tertiary/aromatic N) is 4. The molecular formula is C18H32N4O2. The highest BCUT2D eigenvalue weighted by molar-refractivity contribution is 5.70. The minimum Gasteiger partial charge on any atom is -0.408 e. The van der Waals surface area contributed by atoms with Gasteiger partial charge in [-0.2, -0.15) is 0 Å². The van der Waals surface area contributed by atoms with Crippen molar-refractivity contribution in [3.63, 3.8) is 0 Å². The Hall–Kier alpha value is -1.66. The highest BCUT2D eigenvalue weighted by Crippen LogP contribution is 2.18. The van der Waals surface area contributed by atoms with E-state index in [4.69, 9.17) is 4.74 Å². The van der Waals surface area contributed by atoms with E-state index in [1.807, 2.05) is 0 Å². The van der Waals surface area contributed by atoms with Gasteiger partial charge in [0.05, 0.1) is 5.69 Å². The number of amides is 1. The third kappa shape index (κ3) is 8.26. The van der Waals surface area contributed by atoms with Crippen molar-refractivity contribution in [1.82, 2.24) is 19.7 Å². The highest BCUT2D eigenvalue weighted by Gasteiger charge is 2.13. The van der Waals surface area contributed by atoms with Crippen molar-refractivity contribution < 1.29 is 9.53 Å². The van der Waals surface area contributed by atoms with Gasteiger partial charge in [0, 0.05) is 26.8 Å². The summed E-state index contributed by atoms with van der Waals surface area (Å²) in [6.45, 7) is 2.85. The van der Waals surface area contributed by atoms with Crippen molar-refractivity contribution in [2.75, 3.05) is 48.3 Å². The van der Waals surface area contributed by atoms with Crippen LogP contribution in [0.1, 0.15) is 31.4 Å². The Morgan fingerprint density at radius 2 is 1.71 bits per heavy atom. The van der Waals surface area contributed by atoms with E-state index in [1.165, 1.54) is 30.6 Å². The molecule has 0 aliphatic rings. The number of aromatic nitrogens is 1. The minimum atomic E-state index is -0.382. The molecule has 0 spiro atoms. The second-order valence-electron chi connectivity index (χ2n) is 6.67. The van der Waals surface area contributed by atoms with Gasteiger partial charge in [0.15, 0.2) is 5.75 Å². The van der Waals surface area contributed by atoms with E-state index in [0.717, 1.165) is 18.8 Å². The van der Waals surface area contributed by atoms with Gasteiger partial charge in [-0.25, -0.2) is 4.79 Å². The molecule has 0 atom stereocenters. The smallest absolute Gasteiger partial charge is 0.408 e. The summed E-state index contributed by atoms with van der Waals surface area (Å²) in [6, 6.07) is 3.57. The average molecular weight is 336 g/mol. The predicted molar refractivity (Wildman–Crippen MR) is 97.3 cm³/mol. The Balaban J connectivity index is 2.38. The van der Waals surface area contributed by atoms with Crippen molar-refractivity contribution in [3.05, 3.63) is 24.0 Å². The molecule has 24 heavy (non-hydrogen) atoms. The molecule has 0 saturated carbocycles. The lowest BCUT2D eigenvalue weighted by molar-refractivity contribution is 0.170. The Bertz CT molecular complexity index is 492. The van der Waals surface area contributed by atoms with Crippen molar-refractivity contribution in [1.29, 1.82) is 0 Å². The maximum atomic E-state index is 11.7. The SMILES string of the molecule is CN(C)CCCCCCN(C)Cc1ncccc1OC(=O)N(C)C. The third-order valence-corrected chi connectivity index (χ3v) is 3.73. The molecule has 6 heteroatoms. The lowest BCUT2D eigenvalue weighted by Crippen LogP contribution is -2.26. The molecule has 0 aliphatic carbocycles. The van der Waals surface area contributed by atoms with Crippen molar-refractivity contribution in [2.24, 2.45) is 0 Å². The Morgan fingerprint density at radius 3 is 2.33 bits per heavy atom. The molecule has 0 unspecified atom stereocenters. The van der Waals surface area contributed by atoms with Crippen LogP contribution in [0.25, 0.3) is 0 Å². The Kier molecular flexibility index (Phi) is 9.34. The van der Waals surface area contributed by atoms with E-state index in [-0.39, 0.29) is 6.09 Å². The fourth-order valence-electron chi connectivity index (χ4n) is 2.32. The number of ether oxygens (including phenoxy) is 1. The van der Waals surface area contributed by atoms with Crippen LogP contribution in [-0.2, 0) is 6.54 Å². The van der Waals surface area contributed by atoms with Crippen LogP contribution < -0.4 is 4.74 Å². The van der Waals surface area contributed by atoms with Gasteiger partial charge in [0.25, 0.3) is 0 Å². The first kappa shape index (κ1) is 20.4. The van der Waals surface area contributed by atoms with E-state index in [9.17, 15) is 4.79 Å². The molecule has 0 saturated heterocycles. The van der Waals surface area contributed by atoms with E-state index in [1.54, 1.807) is 32.4 Å². The molecule has 1 aromatic rings. The van der Waals surface area contributed by atoms with Gasteiger partial charge in [0.1, 0.15) is 0 Å². The normalized spacial score (nSPS) is 11.1. The number of rotatable bonds is 10. The number of carbonyl (C=O) groups excluding carboxylic acids is 1. The molecular weight excluding hydrogens is 304 g/mol. The Labute approximate surface area is 146 Å². The van der Waals surface area contributed by atoms with Crippen LogP contribution in [0.15, 0.2) is 18.3 Å². The van der Waals surface area contributed by atoms with Crippen LogP contribution in [0.4, 0.5) is 4.79 Å². The topological polar surface area (TPSA) is 48.9 Å². The van der Waals surface area contributed by atoms with E-state index in [0.29, 0.717) is 12.3 Å². The molecule has 0 bridgehead atoms. The van der Waals surface area contributed by atoms with Gasteiger partial charge >= 0.3 is 6.09 Å². The van der Waals surface area contributed by atoms with Gasteiger partial charge in [-0.05, 0) is 59.2 Å². The lowest BCUT2D eigenvalue weighted by Gasteiger charge is -2.18. The van der Waals surface area contributed by atoms with Crippen LogP contribution in [0.5, 0.6) is 5.75 Å². The third-order valence-electron chi connectivity index (χ3n) is 3.73. The number of hydrogen-bond donors (Lipinski definition) is 0. The average Bonchev–Trinajstić information content (AvgIpc) is 2.52. The fourth-order valence-corrected chi connectivity index (χ4v) is 2.32. The van der Waals surface area contributed by atoms with Gasteiger partial charge in [-0.15, -0.1) is 0 Å². The highest BCUT2D eigenvalue weighted by atomic mass is 16.6. The molecule has 0 radical (unpaired) electrons. The van der Waals surface area contributed by atoms with Crippen molar-refractivity contribution in [3.8, 4) is 5.75 Å². The summed E-state index contributed by atoms with van der Waals surface area (Å²) < 4.78 is 5.38. The number of hydrogen-bond acceptors (Lipinski definition) is 5. The number of carbonyl (C=O) groups is 1. The summed E-state index contributed by atoms with van der Waals surface area (Å²) in [7, 11) is 9.64. The van der Waals surface area contributed by atoms with Crippen molar-refractivity contribution in [2.45, 2.75) is 32.2 Å². The molecule has 0 fully saturated rings.